The Morgan fingerprint density at radius 1 is 1.39 bits per heavy atom. The van der Waals surface area contributed by atoms with Crippen LogP contribution in [0.2, 0.25) is 5.02 Å². The second-order valence-electron chi connectivity index (χ2n) is 4.45. The van der Waals surface area contributed by atoms with Crippen molar-refractivity contribution in [2.24, 2.45) is 5.92 Å². The van der Waals surface area contributed by atoms with Crippen LogP contribution in [0.4, 0.5) is 0 Å². The van der Waals surface area contributed by atoms with Crippen molar-refractivity contribution in [3.63, 3.8) is 0 Å². The molecule has 0 bridgehead atoms. The Bertz CT molecular complexity index is 549. The number of hydrogen-bond donors (Lipinski definition) is 1. The minimum Gasteiger partial charge on any atom is -0.478 e. The molecule has 0 spiro atoms. The van der Waals surface area contributed by atoms with Gasteiger partial charge in [-0.1, -0.05) is 25.4 Å². The Balaban J connectivity index is 3.04. The quantitative estimate of drug-likeness (QED) is 0.905. The number of rotatable bonds is 5. The third kappa shape index (κ3) is 3.71. The summed E-state index contributed by atoms with van der Waals surface area (Å²) >= 11 is 5.75. The normalized spacial score (nSPS) is 11.8. The van der Waals surface area contributed by atoms with Crippen molar-refractivity contribution in [1.29, 1.82) is 0 Å². The Morgan fingerprint density at radius 2 is 2.00 bits per heavy atom. The highest BCUT2D eigenvalue weighted by Gasteiger charge is 2.18. The molecule has 0 fully saturated rings. The van der Waals surface area contributed by atoms with Gasteiger partial charge in [-0.05, 0) is 30.5 Å². The summed E-state index contributed by atoms with van der Waals surface area (Å²) in [7, 11) is -3.40. The van der Waals surface area contributed by atoms with E-state index in [1.807, 2.05) is 13.8 Å². The lowest BCUT2D eigenvalue weighted by molar-refractivity contribution is 0.0697. The number of hydrogen-bond acceptors (Lipinski definition) is 3. The smallest absolute Gasteiger partial charge is 0.337 e. The molecule has 0 radical (unpaired) electrons. The summed E-state index contributed by atoms with van der Waals surface area (Å²) in [4.78, 5) is 10.8. The lowest BCUT2D eigenvalue weighted by Gasteiger charge is -2.08. The Hall–Kier alpha value is -1.07. The molecule has 0 saturated heterocycles. The van der Waals surface area contributed by atoms with Crippen LogP contribution in [0, 0.1) is 5.92 Å². The second-order valence-corrected chi connectivity index (χ2v) is 6.96. The highest BCUT2D eigenvalue weighted by atomic mass is 35.5. The van der Waals surface area contributed by atoms with Crippen LogP contribution in [0.5, 0.6) is 0 Å². The molecule has 1 aromatic carbocycles. The summed E-state index contributed by atoms with van der Waals surface area (Å²) < 4.78 is 23.9. The van der Waals surface area contributed by atoms with Gasteiger partial charge in [-0.15, -0.1) is 0 Å². The van der Waals surface area contributed by atoms with Gasteiger partial charge in [0, 0.05) is 0 Å². The molecule has 1 rings (SSSR count). The topological polar surface area (TPSA) is 71.4 Å². The number of sulfone groups is 1. The molecular weight excluding hydrogens is 276 g/mol. The lowest BCUT2D eigenvalue weighted by Crippen LogP contribution is -2.10. The summed E-state index contributed by atoms with van der Waals surface area (Å²) in [5.41, 5.74) is -0.0977. The van der Waals surface area contributed by atoms with E-state index in [1.165, 1.54) is 18.2 Å². The molecule has 0 heterocycles. The van der Waals surface area contributed by atoms with Gasteiger partial charge in [0.2, 0.25) is 0 Å². The van der Waals surface area contributed by atoms with Crippen LogP contribution in [0.3, 0.4) is 0 Å². The zero-order valence-corrected chi connectivity index (χ0v) is 11.8. The molecule has 100 valence electrons. The maximum absolute atomic E-state index is 12.0. The monoisotopic (exact) mass is 290 g/mol. The Kier molecular flexibility index (Phi) is 4.76. The van der Waals surface area contributed by atoms with E-state index in [4.69, 9.17) is 16.7 Å². The summed E-state index contributed by atoms with van der Waals surface area (Å²) in [6.45, 7) is 3.88. The number of halogens is 1. The van der Waals surface area contributed by atoms with Gasteiger partial charge in [0.1, 0.15) is 0 Å². The standard InChI is InChI=1S/C12H15ClO4S/c1-8(2)5-6-18(16,17)9-3-4-10(12(14)15)11(13)7-9/h3-4,7-8H,5-6H2,1-2H3,(H,14,15). The van der Waals surface area contributed by atoms with E-state index < -0.39 is 15.8 Å². The van der Waals surface area contributed by atoms with Crippen LogP contribution in [0.25, 0.3) is 0 Å². The molecule has 6 heteroatoms. The molecule has 4 nitrogen and oxygen atoms in total. The Labute approximate surface area is 112 Å². The predicted octanol–water partition coefficient (Wildman–Crippen LogP) is 2.86. The summed E-state index contributed by atoms with van der Waals surface area (Å²) in [5, 5.41) is 8.74. The third-order valence-electron chi connectivity index (χ3n) is 2.49. The van der Waals surface area contributed by atoms with Gasteiger partial charge < -0.3 is 5.11 Å². The summed E-state index contributed by atoms with van der Waals surface area (Å²) in [5.74, 6) is -0.854. The predicted molar refractivity (Wildman–Crippen MR) is 69.9 cm³/mol. The minimum absolute atomic E-state index is 0.0351. The maximum atomic E-state index is 12.0. The van der Waals surface area contributed by atoms with Crippen LogP contribution in [0.1, 0.15) is 30.6 Å². The third-order valence-corrected chi connectivity index (χ3v) is 4.55. The van der Waals surface area contributed by atoms with Crippen molar-refractivity contribution in [3.8, 4) is 0 Å². The molecular formula is C12H15ClO4S. The zero-order valence-electron chi connectivity index (χ0n) is 10.2. The maximum Gasteiger partial charge on any atom is 0.337 e. The fourth-order valence-corrected chi connectivity index (χ4v) is 3.29. The van der Waals surface area contributed by atoms with Gasteiger partial charge in [-0.2, -0.15) is 0 Å². The fourth-order valence-electron chi connectivity index (χ4n) is 1.37. The fraction of sp³-hybridized carbons (Fsp3) is 0.417. The highest BCUT2D eigenvalue weighted by Crippen LogP contribution is 2.22. The number of carboxylic acid groups (broad SMARTS) is 1. The second kappa shape index (κ2) is 5.71. The van der Waals surface area contributed by atoms with Crippen molar-refractivity contribution < 1.29 is 18.3 Å². The van der Waals surface area contributed by atoms with E-state index in [-0.39, 0.29) is 27.2 Å². The summed E-state index contributed by atoms with van der Waals surface area (Å²) in [6, 6.07) is 3.69. The van der Waals surface area contributed by atoms with Crippen LogP contribution in [-0.4, -0.2) is 25.2 Å². The van der Waals surface area contributed by atoms with Gasteiger partial charge in [0.25, 0.3) is 0 Å². The van der Waals surface area contributed by atoms with E-state index >= 15 is 0 Å². The molecule has 0 unspecified atom stereocenters. The average molecular weight is 291 g/mol. The first kappa shape index (κ1) is 15.0. The van der Waals surface area contributed by atoms with E-state index in [0.29, 0.717) is 6.42 Å². The van der Waals surface area contributed by atoms with Crippen LogP contribution < -0.4 is 0 Å². The van der Waals surface area contributed by atoms with Crippen LogP contribution in [0.15, 0.2) is 23.1 Å². The van der Waals surface area contributed by atoms with Crippen LogP contribution in [-0.2, 0) is 9.84 Å². The van der Waals surface area contributed by atoms with E-state index in [0.717, 1.165) is 0 Å². The van der Waals surface area contributed by atoms with Gasteiger partial charge in [0.05, 0.1) is 21.2 Å². The molecule has 0 aliphatic carbocycles. The molecule has 0 aliphatic heterocycles. The number of benzene rings is 1. The zero-order chi connectivity index (χ0) is 13.9. The van der Waals surface area contributed by atoms with Crippen molar-refractivity contribution in [2.75, 3.05) is 5.75 Å². The van der Waals surface area contributed by atoms with Crippen LogP contribution >= 0.6 is 11.6 Å². The molecule has 1 aromatic rings. The molecule has 0 amide bonds. The van der Waals surface area contributed by atoms with Gasteiger partial charge in [-0.25, -0.2) is 13.2 Å². The summed E-state index contributed by atoms with van der Waals surface area (Å²) in [6.07, 6.45) is 0.556. The molecule has 0 aliphatic rings. The van der Waals surface area contributed by atoms with Crippen molar-refractivity contribution in [3.05, 3.63) is 28.8 Å². The SMILES string of the molecule is CC(C)CCS(=O)(=O)c1ccc(C(=O)O)c(Cl)c1. The first-order valence-electron chi connectivity index (χ1n) is 5.49. The largest absolute Gasteiger partial charge is 0.478 e. The van der Waals surface area contributed by atoms with E-state index in [2.05, 4.69) is 0 Å². The van der Waals surface area contributed by atoms with Gasteiger partial charge in [0.15, 0.2) is 9.84 Å². The van der Waals surface area contributed by atoms with Crippen molar-refractivity contribution in [1.82, 2.24) is 0 Å². The van der Waals surface area contributed by atoms with Gasteiger partial charge in [-0.3, -0.25) is 0 Å². The minimum atomic E-state index is -3.40. The van der Waals surface area contributed by atoms with Crippen molar-refractivity contribution >= 4 is 27.4 Å². The number of carboxylic acids is 1. The molecule has 1 N–H and O–H groups in total. The highest BCUT2D eigenvalue weighted by molar-refractivity contribution is 7.91. The number of carbonyl (C=O) groups is 1. The lowest BCUT2D eigenvalue weighted by atomic mass is 10.2. The first-order chi connectivity index (χ1) is 8.24. The molecule has 0 atom stereocenters. The first-order valence-corrected chi connectivity index (χ1v) is 7.52. The average Bonchev–Trinajstić information content (AvgIpc) is 2.26. The number of aromatic carboxylic acids is 1. The van der Waals surface area contributed by atoms with E-state index in [9.17, 15) is 13.2 Å². The van der Waals surface area contributed by atoms with E-state index in [1.54, 1.807) is 0 Å². The van der Waals surface area contributed by atoms with Gasteiger partial charge >= 0.3 is 5.97 Å². The molecule has 0 aromatic heterocycles. The Morgan fingerprint density at radius 3 is 2.44 bits per heavy atom. The molecule has 0 saturated carbocycles. The molecule has 18 heavy (non-hydrogen) atoms. The van der Waals surface area contributed by atoms with Crippen molar-refractivity contribution in [2.45, 2.75) is 25.2 Å².